The zero-order chi connectivity index (χ0) is 10.1. The summed E-state index contributed by atoms with van der Waals surface area (Å²) in [5.74, 6) is 0. The Kier molecular flexibility index (Phi) is 7.24. The summed E-state index contributed by atoms with van der Waals surface area (Å²) < 4.78 is 4.03. The van der Waals surface area contributed by atoms with Crippen LogP contribution in [0.1, 0.15) is 5.56 Å². The summed E-state index contributed by atoms with van der Waals surface area (Å²) >= 11 is 2.51. The Bertz CT molecular complexity index is 236. The van der Waals surface area contributed by atoms with Crippen LogP contribution in [0.4, 0.5) is 4.79 Å². The van der Waals surface area contributed by atoms with Gasteiger partial charge in [0.25, 0.3) is 0 Å². The minimum absolute atomic E-state index is 0.140. The summed E-state index contributed by atoms with van der Waals surface area (Å²) in [6, 6.07) is 9.52. The van der Waals surface area contributed by atoms with E-state index in [1.54, 1.807) is 0 Å². The molecule has 0 aliphatic carbocycles. The first-order valence-electron chi connectivity index (χ1n) is 3.59. The minimum atomic E-state index is -0.433. The van der Waals surface area contributed by atoms with Crippen LogP contribution in [0.3, 0.4) is 0 Å². The Labute approximate surface area is 85.5 Å². The maximum Gasteiger partial charge on any atom is 0.374 e. The van der Waals surface area contributed by atoms with Crippen LogP contribution in [-0.4, -0.2) is 17.1 Å². The van der Waals surface area contributed by atoms with Crippen LogP contribution < -0.4 is 0 Å². The predicted molar refractivity (Wildman–Crippen MR) is 53.7 cm³/mol. The van der Waals surface area contributed by atoms with Gasteiger partial charge in [0.1, 0.15) is 0 Å². The highest BCUT2D eigenvalue weighted by Gasteiger charge is 1.81. The number of rotatable bonds is 1. The van der Waals surface area contributed by atoms with Gasteiger partial charge in [-0.25, -0.2) is 4.79 Å². The number of carbonyl (C=O) groups excluding carboxylic acids is 1. The fraction of sp³-hybridized carbons (Fsp3) is 0.222. The lowest BCUT2D eigenvalue weighted by molar-refractivity contribution is 0.202. The van der Waals surface area contributed by atoms with Crippen LogP contribution in [0, 0.1) is 0 Å². The summed E-state index contributed by atoms with van der Waals surface area (Å²) in [5.41, 5.74) is 0.965. The number of methoxy groups -OCH3 is 1. The Morgan fingerprint density at radius 3 is 2.15 bits per heavy atom. The molecular weight excluding hydrogens is 236 g/mol. The fourth-order valence-corrected chi connectivity index (χ4v) is 0.583. The van der Waals surface area contributed by atoms with Gasteiger partial charge in [0.05, 0.1) is 13.7 Å². The molecule has 13 heavy (non-hydrogen) atoms. The topological polar surface area (TPSA) is 46.5 Å². The number of halogens is 1. The average Bonchev–Trinajstić information content (AvgIpc) is 2.20. The lowest BCUT2D eigenvalue weighted by Gasteiger charge is -1.89. The molecule has 4 heteroatoms. The summed E-state index contributed by atoms with van der Waals surface area (Å²) in [6.45, 7) is 0.140. The second kappa shape index (κ2) is 7.76. The van der Waals surface area contributed by atoms with Crippen molar-refractivity contribution >= 4 is 20.8 Å². The second-order valence-corrected chi connectivity index (χ2v) is 2.73. The number of hydrogen-bond acceptors (Lipinski definition) is 3. The van der Waals surface area contributed by atoms with Crippen molar-refractivity contribution in [2.45, 2.75) is 6.61 Å². The molecule has 0 aromatic heterocycles. The lowest BCUT2D eigenvalue weighted by atomic mass is 10.2. The van der Waals surface area contributed by atoms with E-state index in [1.807, 2.05) is 30.3 Å². The lowest BCUT2D eigenvalue weighted by Crippen LogP contribution is -1.79. The third-order valence-electron chi connectivity index (χ3n) is 1.19. The molecule has 0 unspecified atom stereocenters. The summed E-state index contributed by atoms with van der Waals surface area (Å²) in [7, 11) is 1.30. The molecule has 1 N–H and O–H groups in total. The molecule has 0 radical (unpaired) electrons. The first-order chi connectivity index (χ1) is 6.20. The smallest absolute Gasteiger partial charge is 0.374 e. The van der Waals surface area contributed by atoms with E-state index >= 15 is 0 Å². The van der Waals surface area contributed by atoms with Crippen molar-refractivity contribution in [3.8, 4) is 0 Å². The van der Waals surface area contributed by atoms with Crippen molar-refractivity contribution in [2.24, 2.45) is 0 Å². The van der Waals surface area contributed by atoms with Crippen molar-refractivity contribution in [2.75, 3.05) is 7.11 Å². The highest BCUT2D eigenvalue weighted by molar-refractivity contribution is 9.18. The Morgan fingerprint density at radius 2 is 1.92 bits per heavy atom. The monoisotopic (exact) mass is 246 g/mol. The van der Waals surface area contributed by atoms with E-state index in [4.69, 9.17) is 5.11 Å². The van der Waals surface area contributed by atoms with Gasteiger partial charge in [0.2, 0.25) is 0 Å². The highest BCUT2D eigenvalue weighted by atomic mass is 79.9. The molecule has 1 aromatic carbocycles. The molecule has 72 valence electrons. The van der Waals surface area contributed by atoms with Gasteiger partial charge in [-0.2, -0.15) is 0 Å². The third kappa shape index (κ3) is 7.49. The van der Waals surface area contributed by atoms with Crippen LogP contribution in [0.25, 0.3) is 0 Å². The molecule has 0 aliphatic rings. The zero-order valence-electron chi connectivity index (χ0n) is 7.24. The van der Waals surface area contributed by atoms with Gasteiger partial charge in [-0.1, -0.05) is 30.3 Å². The molecule has 0 saturated carbocycles. The molecule has 0 saturated heterocycles. The van der Waals surface area contributed by atoms with E-state index in [0.29, 0.717) is 0 Å². The molecule has 0 spiro atoms. The molecule has 0 bridgehead atoms. The Hall–Kier alpha value is -0.870. The first kappa shape index (κ1) is 12.1. The van der Waals surface area contributed by atoms with Crippen LogP contribution in [0.15, 0.2) is 30.3 Å². The standard InChI is InChI=1S/C7H8O.C2H3BrO2/c8-6-7-4-2-1-3-5-7;1-5-2(3)4/h1-5,8H,6H2;1H3. The number of aliphatic hydroxyl groups is 1. The van der Waals surface area contributed by atoms with Crippen molar-refractivity contribution in [3.05, 3.63) is 35.9 Å². The van der Waals surface area contributed by atoms with Crippen molar-refractivity contribution in [1.82, 2.24) is 0 Å². The van der Waals surface area contributed by atoms with Crippen LogP contribution in [-0.2, 0) is 11.3 Å². The number of hydrogen-bond donors (Lipinski definition) is 1. The molecule has 1 aromatic rings. The van der Waals surface area contributed by atoms with Crippen LogP contribution in [0.2, 0.25) is 0 Å². The Morgan fingerprint density at radius 1 is 1.46 bits per heavy atom. The largest absolute Gasteiger partial charge is 0.461 e. The number of ether oxygens (including phenoxy) is 1. The number of aliphatic hydroxyl groups excluding tert-OH is 1. The van der Waals surface area contributed by atoms with E-state index in [9.17, 15) is 4.79 Å². The van der Waals surface area contributed by atoms with Gasteiger partial charge in [-0.05, 0) is 5.56 Å². The summed E-state index contributed by atoms with van der Waals surface area (Å²) in [6.07, 6.45) is 0. The van der Waals surface area contributed by atoms with E-state index in [0.717, 1.165) is 5.56 Å². The van der Waals surface area contributed by atoms with Gasteiger partial charge < -0.3 is 9.84 Å². The molecular formula is C9H11BrO3. The van der Waals surface area contributed by atoms with Crippen molar-refractivity contribution < 1.29 is 14.6 Å². The van der Waals surface area contributed by atoms with Crippen molar-refractivity contribution in [1.29, 1.82) is 0 Å². The third-order valence-corrected chi connectivity index (χ3v) is 1.51. The quantitative estimate of drug-likeness (QED) is 0.774. The molecule has 0 fully saturated rings. The first-order valence-corrected chi connectivity index (χ1v) is 4.38. The van der Waals surface area contributed by atoms with Crippen LogP contribution >= 0.6 is 15.9 Å². The summed E-state index contributed by atoms with van der Waals surface area (Å²) in [5, 5.41) is 8.54. The normalized spacial score (nSPS) is 8.23. The number of benzene rings is 1. The van der Waals surface area contributed by atoms with E-state index in [2.05, 4.69) is 20.7 Å². The van der Waals surface area contributed by atoms with Gasteiger partial charge >= 0.3 is 4.88 Å². The molecule has 0 heterocycles. The van der Waals surface area contributed by atoms with Gasteiger partial charge in [0.15, 0.2) is 0 Å². The van der Waals surface area contributed by atoms with Crippen molar-refractivity contribution in [3.63, 3.8) is 0 Å². The van der Waals surface area contributed by atoms with Gasteiger partial charge in [-0.3, -0.25) is 0 Å². The minimum Gasteiger partial charge on any atom is -0.461 e. The molecule has 0 atom stereocenters. The molecule has 0 amide bonds. The molecule has 1 rings (SSSR count). The zero-order valence-corrected chi connectivity index (χ0v) is 8.82. The van der Waals surface area contributed by atoms with Gasteiger partial charge in [0, 0.05) is 15.9 Å². The van der Waals surface area contributed by atoms with E-state index in [-0.39, 0.29) is 6.61 Å². The maximum atomic E-state index is 9.51. The maximum absolute atomic E-state index is 9.51. The second-order valence-electron chi connectivity index (χ2n) is 2.09. The average molecular weight is 247 g/mol. The SMILES string of the molecule is COC(=O)Br.OCc1ccccc1. The summed E-state index contributed by atoms with van der Waals surface area (Å²) in [4.78, 5) is 9.07. The highest BCUT2D eigenvalue weighted by Crippen LogP contribution is 1.95. The predicted octanol–water partition coefficient (Wildman–Crippen LogP) is 2.33. The molecule has 3 nitrogen and oxygen atoms in total. The van der Waals surface area contributed by atoms with Crippen LogP contribution in [0.5, 0.6) is 0 Å². The van der Waals surface area contributed by atoms with Gasteiger partial charge in [-0.15, -0.1) is 0 Å². The van der Waals surface area contributed by atoms with E-state index < -0.39 is 4.88 Å². The fourth-order valence-electron chi connectivity index (χ4n) is 0.583. The number of carbonyl (C=O) groups is 1. The van der Waals surface area contributed by atoms with E-state index in [1.165, 1.54) is 7.11 Å². The Balaban J connectivity index is 0.000000252. The molecule has 0 aliphatic heterocycles.